The highest BCUT2D eigenvalue weighted by Gasteiger charge is 2.72. The van der Waals surface area contributed by atoms with E-state index in [9.17, 15) is 19.2 Å². The van der Waals surface area contributed by atoms with Gasteiger partial charge < -0.3 is 20.5 Å². The Morgan fingerprint density at radius 2 is 1.54 bits per heavy atom. The molecular formula is C44H64N2O6. The summed E-state index contributed by atoms with van der Waals surface area (Å²) < 4.78 is 5.95. The number of hydrogen-bond donors (Lipinski definition) is 3. The first kappa shape index (κ1) is 38.6. The molecule has 0 radical (unpaired) electrons. The topological polar surface area (TPSA) is 122 Å². The number of ether oxygens (including phenoxy) is 1. The number of hydrogen-bond acceptors (Lipinski definition) is 5. The van der Waals surface area contributed by atoms with Crippen molar-refractivity contribution in [3.05, 3.63) is 47.5 Å². The summed E-state index contributed by atoms with van der Waals surface area (Å²) in [5, 5.41) is 15.4. The zero-order chi connectivity index (χ0) is 37.9. The number of aromatic carboxylic acids is 1. The number of esters is 1. The predicted octanol–water partition coefficient (Wildman–Crippen LogP) is 8.49. The molecule has 1 aromatic rings. The molecule has 1 unspecified atom stereocenters. The number of carboxylic acid groups (broad SMARTS) is 1. The maximum absolute atomic E-state index is 14.4. The van der Waals surface area contributed by atoms with Crippen LogP contribution in [0.15, 0.2) is 36.4 Å². The fraction of sp³-hybridized carbons (Fsp3) is 0.727. The summed E-state index contributed by atoms with van der Waals surface area (Å²) in [6.45, 7) is 21.5. The Balaban J connectivity index is 1.13. The summed E-state index contributed by atoms with van der Waals surface area (Å²) >= 11 is 0. The van der Waals surface area contributed by atoms with Gasteiger partial charge in [0, 0.05) is 31.8 Å². The molecule has 2 amide bonds. The lowest BCUT2D eigenvalue weighted by atomic mass is 9.32. The predicted molar refractivity (Wildman–Crippen MR) is 202 cm³/mol. The number of nitrogens with one attached hydrogen (secondary N) is 2. The van der Waals surface area contributed by atoms with Crippen LogP contribution in [0.5, 0.6) is 0 Å². The van der Waals surface area contributed by atoms with Crippen molar-refractivity contribution in [2.45, 2.75) is 138 Å². The molecule has 52 heavy (non-hydrogen) atoms. The second-order valence-corrected chi connectivity index (χ2v) is 18.9. The smallest absolute Gasteiger partial charge is 0.335 e. The van der Waals surface area contributed by atoms with Gasteiger partial charge in [-0.3, -0.25) is 14.4 Å². The molecule has 5 aliphatic rings. The van der Waals surface area contributed by atoms with Crippen molar-refractivity contribution in [1.82, 2.24) is 10.6 Å². The summed E-state index contributed by atoms with van der Waals surface area (Å²) in [5.74, 6) is 1.13. The maximum atomic E-state index is 14.4. The number of carbonyl (C=O) groups is 4. The third-order valence-corrected chi connectivity index (χ3v) is 16.3. The van der Waals surface area contributed by atoms with Crippen LogP contribution in [0, 0.1) is 56.7 Å². The van der Waals surface area contributed by atoms with Crippen molar-refractivity contribution in [2.75, 3.05) is 6.54 Å². The van der Waals surface area contributed by atoms with Crippen molar-refractivity contribution < 1.29 is 29.0 Å². The fourth-order valence-corrected chi connectivity index (χ4v) is 13.6. The van der Waals surface area contributed by atoms with E-state index >= 15 is 0 Å². The van der Waals surface area contributed by atoms with E-state index in [0.717, 1.165) is 56.9 Å². The van der Waals surface area contributed by atoms with Gasteiger partial charge in [-0.05, 0) is 141 Å². The van der Waals surface area contributed by atoms with E-state index in [1.54, 1.807) is 31.2 Å². The van der Waals surface area contributed by atoms with Crippen LogP contribution in [-0.4, -0.2) is 41.5 Å². The Morgan fingerprint density at radius 3 is 2.19 bits per heavy atom. The second-order valence-electron chi connectivity index (χ2n) is 18.9. The molecule has 286 valence electrons. The summed E-state index contributed by atoms with van der Waals surface area (Å²) in [6, 6.07) is 6.51. The quantitative estimate of drug-likeness (QED) is 0.127. The molecule has 10 atom stereocenters. The molecular weight excluding hydrogens is 652 g/mol. The molecule has 0 aromatic heterocycles. The SMILES string of the molecule is C=C(C)[C@@H]1CC[C@]2(C(=O)NCCCC(=O)NCc3ccc(C(=O)O)cc3)CC[C@]3(C)[C@H](CCC4[C@@]5(C)CC[C@H](OC(C)=O)C(C)(C)[C@@H]5CC[C@]43C)[C@@H]12. The van der Waals surface area contributed by atoms with Gasteiger partial charge in [-0.15, -0.1) is 0 Å². The molecule has 5 fully saturated rings. The lowest BCUT2D eigenvalue weighted by Crippen LogP contribution is -2.67. The number of carboxylic acids is 1. The van der Waals surface area contributed by atoms with Crippen molar-refractivity contribution in [2.24, 2.45) is 56.7 Å². The molecule has 0 saturated heterocycles. The van der Waals surface area contributed by atoms with E-state index in [-0.39, 0.29) is 57.0 Å². The van der Waals surface area contributed by atoms with E-state index < -0.39 is 11.4 Å². The fourth-order valence-electron chi connectivity index (χ4n) is 13.6. The Morgan fingerprint density at radius 1 is 0.827 bits per heavy atom. The molecule has 5 aliphatic carbocycles. The second kappa shape index (κ2) is 13.9. The molecule has 8 heteroatoms. The minimum atomic E-state index is -0.974. The van der Waals surface area contributed by atoms with Gasteiger partial charge in [-0.2, -0.15) is 0 Å². The van der Waals surface area contributed by atoms with Crippen LogP contribution in [-0.2, 0) is 25.7 Å². The standard InChI is InChI=1S/C44H64N2O6/c1-27(2)31-17-22-44(39(51)45-25-9-10-36(48)46-26-29-11-13-30(14-12-29)38(49)50)24-23-42(7)32(37(31)44)15-16-34-41(6)20-19-35(52-28(3)47)40(4,5)33(41)18-21-43(34,42)8/h11-14,31-35,37H,1,9-10,15-26H2,2-8H3,(H,45,51)(H,46,48)(H,49,50)/t31-,32+,33-,34?,35-,37+,41-,42+,43+,44-/m0/s1. The molecule has 0 heterocycles. The highest BCUT2D eigenvalue weighted by Crippen LogP contribution is 2.77. The van der Waals surface area contributed by atoms with E-state index in [1.165, 1.54) is 18.4 Å². The Kier molecular flexibility index (Phi) is 10.3. The zero-order valence-corrected chi connectivity index (χ0v) is 32.9. The van der Waals surface area contributed by atoms with E-state index in [2.05, 4.69) is 58.8 Å². The first-order valence-corrected chi connectivity index (χ1v) is 20.1. The number of amides is 2. The van der Waals surface area contributed by atoms with Crippen molar-refractivity contribution >= 4 is 23.8 Å². The summed E-state index contributed by atoms with van der Waals surface area (Å²) in [5.41, 5.74) is 2.30. The molecule has 5 saturated carbocycles. The van der Waals surface area contributed by atoms with Gasteiger partial charge in [0.1, 0.15) is 6.10 Å². The van der Waals surface area contributed by atoms with Gasteiger partial charge in [0.25, 0.3) is 0 Å². The molecule has 1 aromatic carbocycles. The van der Waals surface area contributed by atoms with Gasteiger partial charge in [0.05, 0.1) is 11.0 Å². The number of allylic oxidation sites excluding steroid dienone is 1. The highest BCUT2D eigenvalue weighted by molar-refractivity contribution is 5.87. The molecule has 0 aliphatic heterocycles. The van der Waals surface area contributed by atoms with Crippen molar-refractivity contribution in [3.8, 4) is 0 Å². The summed E-state index contributed by atoms with van der Waals surface area (Å²) in [6.07, 6.45) is 11.4. The Labute approximate surface area is 311 Å². The van der Waals surface area contributed by atoms with E-state index in [4.69, 9.17) is 9.84 Å². The summed E-state index contributed by atoms with van der Waals surface area (Å²) in [7, 11) is 0. The van der Waals surface area contributed by atoms with Gasteiger partial charge >= 0.3 is 11.9 Å². The lowest BCUT2D eigenvalue weighted by Gasteiger charge is -2.72. The minimum absolute atomic E-state index is 0.0256. The molecule has 8 nitrogen and oxygen atoms in total. The van der Waals surface area contributed by atoms with Crippen LogP contribution in [0.4, 0.5) is 0 Å². The van der Waals surface area contributed by atoms with Gasteiger partial charge in [0.2, 0.25) is 11.8 Å². The van der Waals surface area contributed by atoms with Crippen LogP contribution in [0.1, 0.15) is 141 Å². The van der Waals surface area contributed by atoms with Gasteiger partial charge in [-0.1, -0.05) is 58.9 Å². The van der Waals surface area contributed by atoms with Crippen molar-refractivity contribution in [1.29, 1.82) is 0 Å². The van der Waals surface area contributed by atoms with Crippen LogP contribution in [0.2, 0.25) is 0 Å². The van der Waals surface area contributed by atoms with Gasteiger partial charge in [-0.25, -0.2) is 4.79 Å². The lowest BCUT2D eigenvalue weighted by molar-refractivity contribution is -0.248. The molecule has 3 N–H and O–H groups in total. The Bertz CT molecular complexity index is 1580. The molecule has 0 bridgehead atoms. The van der Waals surface area contributed by atoms with Crippen molar-refractivity contribution in [3.63, 3.8) is 0 Å². The molecule has 6 rings (SSSR count). The number of benzene rings is 1. The van der Waals surface area contributed by atoms with Crippen LogP contribution >= 0.6 is 0 Å². The maximum Gasteiger partial charge on any atom is 0.335 e. The number of carbonyl (C=O) groups excluding carboxylic acids is 3. The number of fused-ring (bicyclic) bond motifs is 7. The molecule has 0 spiro atoms. The average molecular weight is 717 g/mol. The number of rotatable bonds is 10. The van der Waals surface area contributed by atoms with Crippen LogP contribution < -0.4 is 10.6 Å². The minimum Gasteiger partial charge on any atom is -0.478 e. The third-order valence-electron chi connectivity index (χ3n) is 16.3. The zero-order valence-electron chi connectivity index (χ0n) is 32.9. The van der Waals surface area contributed by atoms with Gasteiger partial charge in [0.15, 0.2) is 0 Å². The largest absolute Gasteiger partial charge is 0.478 e. The van der Waals surface area contributed by atoms with Crippen LogP contribution in [0.3, 0.4) is 0 Å². The van der Waals surface area contributed by atoms with E-state index in [0.29, 0.717) is 49.6 Å². The summed E-state index contributed by atoms with van der Waals surface area (Å²) in [4.78, 5) is 50.2. The highest BCUT2D eigenvalue weighted by atomic mass is 16.5. The first-order chi connectivity index (χ1) is 24.4. The third kappa shape index (κ3) is 6.22. The van der Waals surface area contributed by atoms with E-state index in [1.807, 2.05) is 0 Å². The Hall–Kier alpha value is -3.16. The normalized spacial score (nSPS) is 38.8. The van der Waals surface area contributed by atoms with Crippen LogP contribution in [0.25, 0.3) is 0 Å². The first-order valence-electron chi connectivity index (χ1n) is 20.1. The monoisotopic (exact) mass is 716 g/mol. The average Bonchev–Trinajstić information content (AvgIpc) is 3.49.